The van der Waals surface area contributed by atoms with Gasteiger partial charge < -0.3 is 9.47 Å². The number of esters is 1. The quantitative estimate of drug-likeness (QED) is 0.677. The summed E-state index contributed by atoms with van der Waals surface area (Å²) >= 11 is 1.24. The molecule has 116 valence electrons. The molecule has 1 N–H and O–H groups in total. The third-order valence-electron chi connectivity index (χ3n) is 2.65. The van der Waals surface area contributed by atoms with Gasteiger partial charge in [0.15, 0.2) is 5.13 Å². The summed E-state index contributed by atoms with van der Waals surface area (Å²) in [5.41, 5.74) is 1.61. The van der Waals surface area contributed by atoms with Gasteiger partial charge in [-0.25, -0.2) is 9.78 Å². The van der Waals surface area contributed by atoms with E-state index >= 15 is 0 Å². The minimum atomic E-state index is -0.916. The van der Waals surface area contributed by atoms with E-state index in [1.165, 1.54) is 11.3 Å². The SMILES string of the molecule is CCOC(=O)C(=O)Nc1nc(-c2ccc(OCC)cc2)cs1. The monoisotopic (exact) mass is 320 g/mol. The van der Waals surface area contributed by atoms with E-state index in [4.69, 9.17) is 4.74 Å². The molecule has 0 saturated carbocycles. The van der Waals surface area contributed by atoms with E-state index in [1.807, 2.05) is 31.2 Å². The Bertz CT molecular complexity index is 652. The molecule has 0 aliphatic heterocycles. The number of nitrogens with one attached hydrogen (secondary N) is 1. The maximum Gasteiger partial charge on any atom is 0.397 e. The van der Waals surface area contributed by atoms with Crippen molar-refractivity contribution >= 4 is 28.3 Å². The van der Waals surface area contributed by atoms with Crippen LogP contribution in [0.2, 0.25) is 0 Å². The number of thiazole rings is 1. The van der Waals surface area contributed by atoms with Gasteiger partial charge in [-0.2, -0.15) is 0 Å². The van der Waals surface area contributed by atoms with Crippen molar-refractivity contribution in [1.82, 2.24) is 4.98 Å². The van der Waals surface area contributed by atoms with Gasteiger partial charge >= 0.3 is 11.9 Å². The molecule has 0 spiro atoms. The molecule has 7 heteroatoms. The van der Waals surface area contributed by atoms with Crippen molar-refractivity contribution in [2.24, 2.45) is 0 Å². The fourth-order valence-electron chi connectivity index (χ4n) is 1.70. The molecule has 2 aromatic rings. The molecule has 1 aromatic heterocycles. The summed E-state index contributed by atoms with van der Waals surface area (Å²) in [5, 5.41) is 4.57. The Kier molecular flexibility index (Phi) is 5.48. The lowest BCUT2D eigenvalue weighted by molar-refractivity contribution is -0.152. The number of carbonyl (C=O) groups is 2. The van der Waals surface area contributed by atoms with Crippen molar-refractivity contribution < 1.29 is 19.1 Å². The van der Waals surface area contributed by atoms with E-state index in [9.17, 15) is 9.59 Å². The Hall–Kier alpha value is -2.41. The fourth-order valence-corrected chi connectivity index (χ4v) is 2.41. The summed E-state index contributed by atoms with van der Waals surface area (Å²) in [5.74, 6) is -0.952. The smallest absolute Gasteiger partial charge is 0.397 e. The Morgan fingerprint density at radius 3 is 2.55 bits per heavy atom. The molecule has 0 radical (unpaired) electrons. The molecular weight excluding hydrogens is 304 g/mol. The predicted molar refractivity (Wildman–Crippen MR) is 84.0 cm³/mol. The van der Waals surface area contributed by atoms with E-state index in [0.717, 1.165) is 11.3 Å². The van der Waals surface area contributed by atoms with Gasteiger partial charge in [-0.15, -0.1) is 11.3 Å². The predicted octanol–water partition coefficient (Wildman–Crippen LogP) is 2.71. The van der Waals surface area contributed by atoms with Gasteiger partial charge in [0, 0.05) is 10.9 Å². The molecule has 0 fully saturated rings. The van der Waals surface area contributed by atoms with Crippen LogP contribution in [0.3, 0.4) is 0 Å². The van der Waals surface area contributed by atoms with Crippen LogP contribution in [0, 0.1) is 0 Å². The van der Waals surface area contributed by atoms with Gasteiger partial charge in [0.05, 0.1) is 18.9 Å². The van der Waals surface area contributed by atoms with Crippen molar-refractivity contribution in [2.45, 2.75) is 13.8 Å². The molecule has 0 atom stereocenters. The van der Waals surface area contributed by atoms with Crippen LogP contribution in [0.4, 0.5) is 5.13 Å². The minimum Gasteiger partial charge on any atom is -0.494 e. The standard InChI is InChI=1S/C15H16N2O4S/c1-3-20-11-7-5-10(6-8-11)12-9-22-15(16-12)17-13(18)14(19)21-4-2/h5-9H,3-4H2,1-2H3,(H,16,17,18). The van der Waals surface area contributed by atoms with Crippen molar-refractivity contribution in [3.63, 3.8) is 0 Å². The van der Waals surface area contributed by atoms with Gasteiger partial charge in [-0.05, 0) is 38.1 Å². The summed E-state index contributed by atoms with van der Waals surface area (Å²) in [7, 11) is 0. The zero-order valence-corrected chi connectivity index (χ0v) is 13.1. The highest BCUT2D eigenvalue weighted by Crippen LogP contribution is 2.26. The molecule has 2 rings (SSSR count). The van der Waals surface area contributed by atoms with Crippen LogP contribution in [0.5, 0.6) is 5.75 Å². The topological polar surface area (TPSA) is 77.5 Å². The van der Waals surface area contributed by atoms with E-state index in [0.29, 0.717) is 17.4 Å². The first-order valence-corrected chi connectivity index (χ1v) is 7.68. The van der Waals surface area contributed by atoms with Crippen LogP contribution >= 0.6 is 11.3 Å². The maximum absolute atomic E-state index is 11.5. The summed E-state index contributed by atoms with van der Waals surface area (Å²) in [6, 6.07) is 7.48. The Labute approximate surface area is 132 Å². The fraction of sp³-hybridized carbons (Fsp3) is 0.267. The van der Waals surface area contributed by atoms with Crippen LogP contribution < -0.4 is 10.1 Å². The number of carbonyl (C=O) groups excluding carboxylic acids is 2. The maximum atomic E-state index is 11.5. The summed E-state index contributed by atoms with van der Waals surface area (Å²) < 4.78 is 9.99. The van der Waals surface area contributed by atoms with Crippen LogP contribution in [0.15, 0.2) is 29.6 Å². The molecule has 0 unspecified atom stereocenters. The zero-order valence-electron chi connectivity index (χ0n) is 12.3. The number of nitrogens with zero attached hydrogens (tertiary/aromatic N) is 1. The number of hydrogen-bond donors (Lipinski definition) is 1. The molecule has 0 bridgehead atoms. The van der Waals surface area contributed by atoms with E-state index < -0.39 is 11.9 Å². The van der Waals surface area contributed by atoms with Crippen molar-refractivity contribution in [1.29, 1.82) is 0 Å². The number of rotatable bonds is 5. The largest absolute Gasteiger partial charge is 0.494 e. The van der Waals surface area contributed by atoms with Crippen LogP contribution in [0.25, 0.3) is 11.3 Å². The number of aromatic nitrogens is 1. The minimum absolute atomic E-state index is 0.154. The average molecular weight is 320 g/mol. The van der Waals surface area contributed by atoms with Gasteiger partial charge in [-0.3, -0.25) is 10.1 Å². The molecule has 1 heterocycles. The average Bonchev–Trinajstić information content (AvgIpc) is 2.97. The normalized spacial score (nSPS) is 10.1. The second kappa shape index (κ2) is 7.56. The second-order valence-corrected chi connectivity index (χ2v) is 5.03. The molecule has 0 aliphatic rings. The molecule has 1 aromatic carbocycles. The second-order valence-electron chi connectivity index (χ2n) is 4.17. The first-order valence-electron chi connectivity index (χ1n) is 6.81. The molecule has 0 aliphatic carbocycles. The number of anilines is 1. The van der Waals surface area contributed by atoms with Crippen LogP contribution in [0.1, 0.15) is 13.8 Å². The van der Waals surface area contributed by atoms with Gasteiger partial charge in [0.1, 0.15) is 5.75 Å². The lowest BCUT2D eigenvalue weighted by Gasteiger charge is -2.03. The molecule has 6 nitrogen and oxygen atoms in total. The van der Waals surface area contributed by atoms with Gasteiger partial charge in [0.2, 0.25) is 0 Å². The Balaban J connectivity index is 2.04. The summed E-state index contributed by atoms with van der Waals surface area (Å²) in [6.45, 7) is 4.33. The van der Waals surface area contributed by atoms with Gasteiger partial charge in [0.25, 0.3) is 0 Å². The van der Waals surface area contributed by atoms with Gasteiger partial charge in [-0.1, -0.05) is 0 Å². The Morgan fingerprint density at radius 1 is 1.18 bits per heavy atom. The third-order valence-corrected chi connectivity index (χ3v) is 3.40. The third kappa shape index (κ3) is 4.05. The molecule has 0 saturated heterocycles. The number of amides is 1. The van der Waals surface area contributed by atoms with Crippen LogP contribution in [-0.2, 0) is 14.3 Å². The van der Waals surface area contributed by atoms with E-state index in [2.05, 4.69) is 15.0 Å². The van der Waals surface area contributed by atoms with Crippen molar-refractivity contribution in [2.75, 3.05) is 18.5 Å². The lowest BCUT2D eigenvalue weighted by atomic mass is 10.2. The number of ether oxygens (including phenoxy) is 2. The first-order chi connectivity index (χ1) is 10.6. The van der Waals surface area contributed by atoms with Crippen molar-refractivity contribution in [3.8, 4) is 17.0 Å². The number of hydrogen-bond acceptors (Lipinski definition) is 6. The number of benzene rings is 1. The highest BCUT2D eigenvalue weighted by atomic mass is 32.1. The lowest BCUT2D eigenvalue weighted by Crippen LogP contribution is -2.24. The highest BCUT2D eigenvalue weighted by molar-refractivity contribution is 7.14. The highest BCUT2D eigenvalue weighted by Gasteiger charge is 2.16. The first kappa shape index (κ1) is 16.0. The molecule has 22 heavy (non-hydrogen) atoms. The molecular formula is C15H16N2O4S. The summed E-state index contributed by atoms with van der Waals surface area (Å²) in [4.78, 5) is 27.1. The van der Waals surface area contributed by atoms with Crippen molar-refractivity contribution in [3.05, 3.63) is 29.6 Å². The van der Waals surface area contributed by atoms with Crippen LogP contribution in [-0.4, -0.2) is 30.1 Å². The molecule has 1 amide bonds. The summed E-state index contributed by atoms with van der Waals surface area (Å²) in [6.07, 6.45) is 0. The Morgan fingerprint density at radius 2 is 1.91 bits per heavy atom. The van der Waals surface area contributed by atoms with E-state index in [1.54, 1.807) is 12.3 Å². The zero-order chi connectivity index (χ0) is 15.9. The van der Waals surface area contributed by atoms with E-state index in [-0.39, 0.29) is 6.61 Å².